The molecule has 3 atom stereocenters. The van der Waals surface area contributed by atoms with Crippen LogP contribution in [-0.2, 0) is 14.6 Å². The monoisotopic (exact) mass is 540 g/mol. The third kappa shape index (κ3) is 2.71. The van der Waals surface area contributed by atoms with E-state index in [1.54, 1.807) is 0 Å². The standard InChI is InChI=1S/C19H16ClF2IO4S/c20-11-1-3-13(4-2-11)28(25,26)19-8-7-12(24)9-18(19,23)10-27-17-15(22)6-5-14(21)16(17)19/h1-6,12,24H,7-10H2/t12-,18-,19+/m0/s1. The van der Waals surface area contributed by atoms with Gasteiger partial charge in [0.05, 0.1) is 20.0 Å². The Morgan fingerprint density at radius 3 is 2.46 bits per heavy atom. The minimum atomic E-state index is -4.20. The number of alkyl halides is 1. The number of halogens is 4. The minimum absolute atomic E-state index is 0.0363. The molecular formula is C19H16ClF2IO4S. The van der Waals surface area contributed by atoms with E-state index < -0.39 is 35.7 Å². The lowest BCUT2D eigenvalue weighted by molar-refractivity contribution is 0.0639. The van der Waals surface area contributed by atoms with Crippen molar-refractivity contribution in [3.63, 3.8) is 0 Å². The average Bonchev–Trinajstić information content (AvgIpc) is 2.63. The highest BCUT2D eigenvalue weighted by Crippen LogP contribution is 2.61. The van der Waals surface area contributed by atoms with Gasteiger partial charge in [0.15, 0.2) is 21.4 Å². The molecule has 1 N–H and O–H groups in total. The first kappa shape index (κ1) is 20.3. The van der Waals surface area contributed by atoms with Gasteiger partial charge in [-0.1, -0.05) is 34.2 Å². The Hall–Kier alpha value is -0.970. The molecule has 0 spiro atoms. The van der Waals surface area contributed by atoms with Gasteiger partial charge in [-0.3, -0.25) is 0 Å². The van der Waals surface area contributed by atoms with E-state index in [0.717, 1.165) is 12.1 Å². The van der Waals surface area contributed by atoms with E-state index in [0.29, 0.717) is 5.02 Å². The Bertz CT molecular complexity index is 1050. The molecule has 1 fully saturated rings. The molecule has 1 aliphatic carbocycles. The number of sulfone groups is 1. The third-order valence-corrected chi connectivity index (χ3v) is 10.5. The van der Waals surface area contributed by atoms with Crippen molar-refractivity contribution in [2.75, 3.05) is 6.61 Å². The Labute approximate surface area is 179 Å². The number of fused-ring (bicyclic) bond motifs is 3. The molecule has 4 rings (SSSR count). The molecule has 0 unspecified atom stereocenters. The van der Waals surface area contributed by atoms with Gasteiger partial charge in [-0.2, -0.15) is 0 Å². The Morgan fingerprint density at radius 2 is 1.79 bits per heavy atom. The Morgan fingerprint density at radius 1 is 1.14 bits per heavy atom. The molecular weight excluding hydrogens is 525 g/mol. The van der Waals surface area contributed by atoms with Crippen molar-refractivity contribution < 1.29 is 27.0 Å². The largest absolute Gasteiger partial charge is 0.489 e. The fraction of sp³-hybridized carbons (Fsp3) is 0.368. The summed E-state index contributed by atoms with van der Waals surface area (Å²) in [6.07, 6.45) is -0.589. The van der Waals surface area contributed by atoms with E-state index >= 15 is 4.39 Å². The van der Waals surface area contributed by atoms with Crippen molar-refractivity contribution in [3.05, 3.63) is 58.6 Å². The number of rotatable bonds is 2. The number of benzene rings is 2. The molecule has 0 bridgehead atoms. The molecule has 150 valence electrons. The number of aliphatic hydroxyl groups is 1. The van der Waals surface area contributed by atoms with E-state index in [1.165, 1.54) is 24.3 Å². The van der Waals surface area contributed by atoms with Gasteiger partial charge in [-0.05, 0) is 55.7 Å². The molecule has 0 amide bonds. The quantitative estimate of drug-likeness (QED) is 0.453. The van der Waals surface area contributed by atoms with Crippen molar-refractivity contribution in [1.82, 2.24) is 0 Å². The van der Waals surface area contributed by atoms with Crippen LogP contribution in [0.1, 0.15) is 24.8 Å². The SMILES string of the molecule is O=S(=O)(c1ccc(Cl)cc1)[C@@]12CC[C@H](O)C[C@]1(I)COc1c(F)ccc(F)c12. The number of ether oxygens (including phenoxy) is 1. The summed E-state index contributed by atoms with van der Waals surface area (Å²) in [6.45, 7) is -0.162. The first-order valence-electron chi connectivity index (χ1n) is 8.61. The summed E-state index contributed by atoms with van der Waals surface area (Å²) in [6, 6.07) is 7.46. The highest BCUT2D eigenvalue weighted by molar-refractivity contribution is 14.1. The van der Waals surface area contributed by atoms with E-state index in [2.05, 4.69) is 0 Å². The maximum absolute atomic E-state index is 15.0. The van der Waals surface area contributed by atoms with Gasteiger partial charge in [0.25, 0.3) is 0 Å². The molecule has 1 saturated carbocycles. The number of hydrogen-bond donors (Lipinski definition) is 1. The summed E-state index contributed by atoms with van der Waals surface area (Å²) < 4.78 is 59.9. The molecule has 0 saturated heterocycles. The van der Waals surface area contributed by atoms with Crippen LogP contribution in [0.25, 0.3) is 0 Å². The van der Waals surface area contributed by atoms with Crippen molar-refractivity contribution in [3.8, 4) is 5.75 Å². The lowest BCUT2D eigenvalue weighted by Gasteiger charge is -2.53. The summed E-state index contributed by atoms with van der Waals surface area (Å²) in [5.41, 5.74) is -0.296. The number of aliphatic hydroxyl groups excluding tert-OH is 1. The Kier molecular flexibility index (Phi) is 4.92. The average molecular weight is 541 g/mol. The van der Waals surface area contributed by atoms with Crippen LogP contribution >= 0.6 is 34.2 Å². The van der Waals surface area contributed by atoms with Crippen molar-refractivity contribution >= 4 is 44.0 Å². The van der Waals surface area contributed by atoms with Gasteiger partial charge in [-0.25, -0.2) is 17.2 Å². The van der Waals surface area contributed by atoms with E-state index in [9.17, 15) is 17.9 Å². The minimum Gasteiger partial charge on any atom is -0.489 e. The smallest absolute Gasteiger partial charge is 0.189 e. The first-order valence-corrected chi connectivity index (χ1v) is 11.5. The second-order valence-electron chi connectivity index (χ2n) is 7.17. The van der Waals surface area contributed by atoms with Gasteiger partial charge in [0.2, 0.25) is 0 Å². The molecule has 4 nitrogen and oxygen atoms in total. The van der Waals surface area contributed by atoms with Gasteiger partial charge < -0.3 is 9.84 Å². The van der Waals surface area contributed by atoms with Crippen LogP contribution in [0.5, 0.6) is 5.75 Å². The summed E-state index contributed by atoms with van der Waals surface area (Å²) in [4.78, 5) is -0.0363. The topological polar surface area (TPSA) is 63.6 Å². The van der Waals surface area contributed by atoms with Crippen LogP contribution in [0.15, 0.2) is 41.3 Å². The predicted octanol–water partition coefficient (Wildman–Crippen LogP) is 4.40. The highest BCUT2D eigenvalue weighted by Gasteiger charge is 2.66. The fourth-order valence-corrected chi connectivity index (χ4v) is 8.89. The zero-order valence-electron chi connectivity index (χ0n) is 14.5. The fourth-order valence-electron chi connectivity index (χ4n) is 4.32. The van der Waals surface area contributed by atoms with E-state index in [4.69, 9.17) is 16.3 Å². The Balaban J connectivity index is 2.07. The summed E-state index contributed by atoms with van der Waals surface area (Å²) in [5, 5.41) is 10.6. The zero-order chi connectivity index (χ0) is 20.3. The van der Waals surface area contributed by atoms with E-state index in [-0.39, 0.29) is 42.1 Å². The van der Waals surface area contributed by atoms with Crippen LogP contribution in [0.4, 0.5) is 8.78 Å². The first-order chi connectivity index (χ1) is 13.1. The lowest BCUT2D eigenvalue weighted by Crippen LogP contribution is -2.62. The summed E-state index contributed by atoms with van der Waals surface area (Å²) in [7, 11) is -4.20. The number of hydrogen-bond acceptors (Lipinski definition) is 4. The zero-order valence-corrected chi connectivity index (χ0v) is 18.2. The van der Waals surface area contributed by atoms with E-state index in [1.807, 2.05) is 22.6 Å². The van der Waals surface area contributed by atoms with Gasteiger partial charge in [0.1, 0.15) is 17.2 Å². The van der Waals surface area contributed by atoms with Crippen LogP contribution in [0.3, 0.4) is 0 Å². The normalized spacial score (nSPS) is 29.5. The van der Waals surface area contributed by atoms with Crippen LogP contribution < -0.4 is 4.74 Å². The molecule has 0 radical (unpaired) electrons. The summed E-state index contributed by atoms with van der Waals surface area (Å²) in [5.74, 6) is -2.03. The molecule has 2 aromatic rings. The predicted molar refractivity (Wildman–Crippen MR) is 109 cm³/mol. The molecule has 2 aromatic carbocycles. The van der Waals surface area contributed by atoms with Gasteiger partial charge >= 0.3 is 0 Å². The van der Waals surface area contributed by atoms with Crippen LogP contribution in [0.2, 0.25) is 5.02 Å². The maximum atomic E-state index is 15.0. The van der Waals surface area contributed by atoms with Crippen molar-refractivity contribution in [1.29, 1.82) is 0 Å². The maximum Gasteiger partial charge on any atom is 0.189 e. The van der Waals surface area contributed by atoms with Gasteiger partial charge in [-0.15, -0.1) is 0 Å². The molecule has 28 heavy (non-hydrogen) atoms. The van der Waals surface area contributed by atoms with Crippen molar-refractivity contribution in [2.24, 2.45) is 0 Å². The second kappa shape index (κ2) is 6.78. The van der Waals surface area contributed by atoms with Crippen LogP contribution in [0, 0.1) is 11.6 Å². The summed E-state index contributed by atoms with van der Waals surface area (Å²) >= 11 is 7.84. The molecule has 2 aliphatic rings. The lowest BCUT2D eigenvalue weighted by atomic mass is 9.72. The molecule has 1 aliphatic heterocycles. The van der Waals surface area contributed by atoms with Crippen LogP contribution in [-0.4, -0.2) is 29.7 Å². The molecule has 1 heterocycles. The van der Waals surface area contributed by atoms with Gasteiger partial charge in [0, 0.05) is 5.02 Å². The molecule has 9 heteroatoms. The van der Waals surface area contributed by atoms with Crippen molar-refractivity contribution in [2.45, 2.75) is 38.4 Å². The highest BCUT2D eigenvalue weighted by atomic mass is 127. The third-order valence-electron chi connectivity index (χ3n) is 5.60. The molecule has 0 aromatic heterocycles. The second-order valence-corrected chi connectivity index (χ2v) is 11.8.